The summed E-state index contributed by atoms with van der Waals surface area (Å²) in [6.45, 7) is 0. The van der Waals surface area contributed by atoms with Crippen molar-refractivity contribution >= 4 is 27.6 Å². The van der Waals surface area contributed by atoms with Crippen LogP contribution in [0.25, 0.3) is 21.8 Å². The average Bonchev–Trinajstić information content (AvgIpc) is 2.60. The molecule has 22 heavy (non-hydrogen) atoms. The average molecular weight is 284 g/mol. The molecular weight excluding hydrogens is 272 g/mol. The number of nitrogens with zero attached hydrogens (tertiary/aromatic N) is 2. The van der Waals surface area contributed by atoms with E-state index in [1.54, 1.807) is 12.4 Å². The second-order valence-corrected chi connectivity index (χ2v) is 5.16. The first-order valence-electron chi connectivity index (χ1n) is 7.05. The zero-order valence-electron chi connectivity index (χ0n) is 11.7. The third kappa shape index (κ3) is 2.13. The van der Waals surface area contributed by atoms with Crippen molar-refractivity contribution in [3.63, 3.8) is 0 Å². The van der Waals surface area contributed by atoms with Crippen LogP contribution in [0.4, 0.5) is 0 Å². The molecule has 0 atom stereocenters. The van der Waals surface area contributed by atoms with Crippen LogP contribution in [0.15, 0.2) is 73.1 Å². The SMILES string of the molecule is O=C(c1cnc2ccccc2c1)c1cnc2ccccc2c1. The number of hydrogen-bond donors (Lipinski definition) is 0. The number of aromatic nitrogens is 2. The van der Waals surface area contributed by atoms with Crippen molar-refractivity contribution in [3.8, 4) is 0 Å². The number of rotatable bonds is 2. The number of ketones is 1. The maximum atomic E-state index is 12.7. The van der Waals surface area contributed by atoms with Crippen LogP contribution in [0.5, 0.6) is 0 Å². The summed E-state index contributed by atoms with van der Waals surface area (Å²) >= 11 is 0. The van der Waals surface area contributed by atoms with E-state index in [0.717, 1.165) is 21.8 Å². The molecule has 0 bridgehead atoms. The predicted octanol–water partition coefficient (Wildman–Crippen LogP) is 4.01. The van der Waals surface area contributed by atoms with Gasteiger partial charge in [0, 0.05) is 34.3 Å². The summed E-state index contributed by atoms with van der Waals surface area (Å²) in [5, 5.41) is 1.92. The summed E-state index contributed by atoms with van der Waals surface area (Å²) in [6, 6.07) is 19.3. The van der Waals surface area contributed by atoms with E-state index in [2.05, 4.69) is 9.97 Å². The monoisotopic (exact) mass is 284 g/mol. The summed E-state index contributed by atoms with van der Waals surface area (Å²) in [4.78, 5) is 21.4. The first kappa shape index (κ1) is 12.7. The van der Waals surface area contributed by atoms with E-state index >= 15 is 0 Å². The molecule has 2 aromatic heterocycles. The highest BCUT2D eigenvalue weighted by atomic mass is 16.1. The molecule has 0 N–H and O–H groups in total. The summed E-state index contributed by atoms with van der Waals surface area (Å²) in [5.41, 5.74) is 2.93. The Morgan fingerprint density at radius 2 is 1.14 bits per heavy atom. The first-order chi connectivity index (χ1) is 10.8. The van der Waals surface area contributed by atoms with Crippen molar-refractivity contribution in [2.75, 3.05) is 0 Å². The Morgan fingerprint density at radius 1 is 0.682 bits per heavy atom. The minimum Gasteiger partial charge on any atom is -0.288 e. The second-order valence-electron chi connectivity index (χ2n) is 5.16. The van der Waals surface area contributed by atoms with Gasteiger partial charge in [-0.2, -0.15) is 0 Å². The molecule has 0 radical (unpaired) electrons. The number of carbonyl (C=O) groups is 1. The van der Waals surface area contributed by atoms with Gasteiger partial charge in [0.25, 0.3) is 0 Å². The fourth-order valence-corrected chi connectivity index (χ4v) is 2.56. The van der Waals surface area contributed by atoms with Crippen molar-refractivity contribution in [1.82, 2.24) is 9.97 Å². The van der Waals surface area contributed by atoms with E-state index in [-0.39, 0.29) is 5.78 Å². The van der Waals surface area contributed by atoms with E-state index in [1.165, 1.54) is 0 Å². The smallest absolute Gasteiger partial charge is 0.196 e. The van der Waals surface area contributed by atoms with Gasteiger partial charge in [-0.1, -0.05) is 36.4 Å². The van der Waals surface area contributed by atoms with E-state index in [4.69, 9.17) is 0 Å². The Morgan fingerprint density at radius 3 is 1.64 bits per heavy atom. The molecular formula is C19H12N2O. The van der Waals surface area contributed by atoms with E-state index in [0.29, 0.717) is 11.1 Å². The number of para-hydroxylation sites is 2. The van der Waals surface area contributed by atoms with Gasteiger partial charge in [0.1, 0.15) is 0 Å². The molecule has 0 fully saturated rings. The van der Waals surface area contributed by atoms with Gasteiger partial charge in [-0.3, -0.25) is 14.8 Å². The van der Waals surface area contributed by atoms with Crippen molar-refractivity contribution in [2.24, 2.45) is 0 Å². The summed E-state index contributed by atoms with van der Waals surface area (Å²) in [5.74, 6) is -0.0588. The molecule has 2 aromatic carbocycles. The number of hydrogen-bond acceptors (Lipinski definition) is 3. The molecule has 4 rings (SSSR count). The lowest BCUT2D eigenvalue weighted by atomic mass is 10.0. The normalized spacial score (nSPS) is 10.9. The molecule has 0 unspecified atom stereocenters. The van der Waals surface area contributed by atoms with Gasteiger partial charge in [0.05, 0.1) is 11.0 Å². The fraction of sp³-hybridized carbons (Fsp3) is 0. The van der Waals surface area contributed by atoms with Crippen LogP contribution >= 0.6 is 0 Å². The molecule has 0 saturated carbocycles. The van der Waals surface area contributed by atoms with Gasteiger partial charge < -0.3 is 0 Å². The maximum absolute atomic E-state index is 12.7. The second kappa shape index (κ2) is 5.04. The van der Waals surface area contributed by atoms with Crippen LogP contribution in [0.1, 0.15) is 15.9 Å². The molecule has 4 aromatic rings. The van der Waals surface area contributed by atoms with Crippen LogP contribution in [0.3, 0.4) is 0 Å². The number of benzene rings is 2. The molecule has 0 spiro atoms. The van der Waals surface area contributed by atoms with E-state index in [9.17, 15) is 4.79 Å². The molecule has 0 aliphatic rings. The largest absolute Gasteiger partial charge is 0.288 e. The first-order valence-corrected chi connectivity index (χ1v) is 7.05. The molecule has 104 valence electrons. The predicted molar refractivity (Wildman–Crippen MR) is 86.9 cm³/mol. The lowest BCUT2D eigenvalue weighted by Gasteiger charge is -2.04. The Balaban J connectivity index is 1.80. The molecule has 3 heteroatoms. The Labute approximate surface area is 127 Å². The minimum atomic E-state index is -0.0588. The third-order valence-electron chi connectivity index (χ3n) is 3.71. The van der Waals surface area contributed by atoms with Crippen molar-refractivity contribution in [3.05, 3.63) is 84.2 Å². The minimum absolute atomic E-state index is 0.0588. The van der Waals surface area contributed by atoms with Gasteiger partial charge >= 0.3 is 0 Å². The van der Waals surface area contributed by atoms with Gasteiger partial charge in [0.2, 0.25) is 0 Å². The molecule has 0 aliphatic heterocycles. The zero-order chi connectivity index (χ0) is 14.9. The van der Waals surface area contributed by atoms with Crippen molar-refractivity contribution in [1.29, 1.82) is 0 Å². The highest BCUT2D eigenvalue weighted by molar-refractivity contribution is 6.11. The highest BCUT2D eigenvalue weighted by Gasteiger charge is 2.11. The molecule has 0 saturated heterocycles. The lowest BCUT2D eigenvalue weighted by molar-refractivity contribution is 0.103. The quantitative estimate of drug-likeness (QED) is 0.522. The summed E-state index contributed by atoms with van der Waals surface area (Å²) in [7, 11) is 0. The molecule has 0 aliphatic carbocycles. The molecule has 2 heterocycles. The number of pyridine rings is 2. The van der Waals surface area contributed by atoms with Crippen molar-refractivity contribution in [2.45, 2.75) is 0 Å². The van der Waals surface area contributed by atoms with Crippen LogP contribution in [0.2, 0.25) is 0 Å². The standard InChI is InChI=1S/C19H12N2O/c22-19(15-9-13-5-1-3-7-17(13)20-11-15)16-10-14-6-2-4-8-18(14)21-12-16/h1-12H. The Hall–Kier alpha value is -3.07. The highest BCUT2D eigenvalue weighted by Crippen LogP contribution is 2.18. The summed E-state index contributed by atoms with van der Waals surface area (Å²) < 4.78 is 0. The van der Waals surface area contributed by atoms with Crippen LogP contribution in [0, 0.1) is 0 Å². The zero-order valence-corrected chi connectivity index (χ0v) is 11.7. The number of carbonyl (C=O) groups excluding carboxylic acids is 1. The van der Waals surface area contributed by atoms with Crippen LogP contribution in [-0.2, 0) is 0 Å². The Bertz CT molecular complexity index is 927. The third-order valence-corrected chi connectivity index (χ3v) is 3.71. The van der Waals surface area contributed by atoms with Crippen molar-refractivity contribution < 1.29 is 4.79 Å². The van der Waals surface area contributed by atoms with E-state index < -0.39 is 0 Å². The lowest BCUT2D eigenvalue weighted by Crippen LogP contribution is -2.02. The molecule has 3 nitrogen and oxygen atoms in total. The number of fused-ring (bicyclic) bond motifs is 2. The fourth-order valence-electron chi connectivity index (χ4n) is 2.56. The van der Waals surface area contributed by atoms with E-state index in [1.807, 2.05) is 60.7 Å². The summed E-state index contributed by atoms with van der Waals surface area (Å²) in [6.07, 6.45) is 3.25. The van der Waals surface area contributed by atoms with Gasteiger partial charge in [-0.05, 0) is 24.3 Å². The van der Waals surface area contributed by atoms with Crippen LogP contribution in [-0.4, -0.2) is 15.8 Å². The van der Waals surface area contributed by atoms with Crippen LogP contribution < -0.4 is 0 Å². The molecule has 0 amide bonds. The topological polar surface area (TPSA) is 42.9 Å². The van der Waals surface area contributed by atoms with Gasteiger partial charge in [-0.15, -0.1) is 0 Å². The maximum Gasteiger partial charge on any atom is 0.196 e. The van der Waals surface area contributed by atoms with Gasteiger partial charge in [0.15, 0.2) is 5.78 Å². The van der Waals surface area contributed by atoms with Gasteiger partial charge in [-0.25, -0.2) is 0 Å². The Kier molecular flexibility index (Phi) is 2.90.